The molecule has 0 bridgehead atoms. The molecule has 2 rings (SSSR count). The van der Waals surface area contributed by atoms with Crippen molar-refractivity contribution in [2.45, 2.75) is 39.7 Å². The smallest absolute Gasteiger partial charge is 0.306 e. The molecule has 24 heavy (non-hydrogen) atoms. The molecular weight excluding hydrogens is 318 g/mol. The van der Waals surface area contributed by atoms with Crippen molar-refractivity contribution < 1.29 is 28.7 Å². The van der Waals surface area contributed by atoms with Crippen molar-refractivity contribution in [3.05, 3.63) is 44.8 Å². The van der Waals surface area contributed by atoms with Crippen LogP contribution < -0.4 is 5.43 Å². The first-order chi connectivity index (χ1) is 11.4. The largest absolute Gasteiger partial charge is 0.502 e. The number of aliphatic hydroxyl groups is 1. The van der Waals surface area contributed by atoms with Crippen LogP contribution in [0.15, 0.2) is 19.8 Å². The molecule has 1 atom stereocenters. The Bertz CT molecular complexity index is 771. The number of aromatic hydroxyl groups is 1. The maximum atomic E-state index is 12.0. The second-order valence-corrected chi connectivity index (χ2v) is 5.25. The zero-order chi connectivity index (χ0) is 17.9. The van der Waals surface area contributed by atoms with E-state index < -0.39 is 29.7 Å². The molecule has 0 unspecified atom stereocenters. The van der Waals surface area contributed by atoms with E-state index in [1.54, 1.807) is 20.8 Å². The minimum Gasteiger partial charge on any atom is -0.502 e. The minimum absolute atomic E-state index is 0.0200. The predicted molar refractivity (Wildman–Crippen MR) is 81.6 cm³/mol. The number of aryl methyl sites for hydroxylation is 2. The lowest BCUT2D eigenvalue weighted by Gasteiger charge is -2.17. The Balaban J connectivity index is 2.61. The molecule has 0 spiro atoms. The van der Waals surface area contributed by atoms with Crippen LogP contribution >= 0.6 is 0 Å². The van der Waals surface area contributed by atoms with Crippen molar-refractivity contribution in [1.82, 2.24) is 5.16 Å². The van der Waals surface area contributed by atoms with E-state index in [-0.39, 0.29) is 24.5 Å². The molecule has 2 aromatic rings. The third kappa shape index (κ3) is 3.48. The SMILES string of the molecule is CCOC(=O)C[C@@H](c1oc(CO)cc(=O)c1O)c1c(C)noc1C. The molecule has 0 aliphatic carbocycles. The van der Waals surface area contributed by atoms with E-state index in [9.17, 15) is 19.8 Å². The molecule has 0 amide bonds. The monoisotopic (exact) mass is 337 g/mol. The minimum atomic E-state index is -0.825. The fraction of sp³-hybridized carbons (Fsp3) is 0.438. The number of hydrogen-bond donors (Lipinski definition) is 2. The third-order valence-corrected chi connectivity index (χ3v) is 3.59. The van der Waals surface area contributed by atoms with Crippen LogP contribution in [0.25, 0.3) is 0 Å². The summed E-state index contributed by atoms with van der Waals surface area (Å²) < 4.78 is 15.5. The highest BCUT2D eigenvalue weighted by atomic mass is 16.5. The average molecular weight is 337 g/mol. The Kier molecular flexibility index (Phi) is 5.40. The van der Waals surface area contributed by atoms with Crippen LogP contribution in [0.4, 0.5) is 0 Å². The molecule has 0 saturated carbocycles. The highest BCUT2D eigenvalue weighted by Crippen LogP contribution is 2.36. The van der Waals surface area contributed by atoms with Crippen LogP contribution in [-0.4, -0.2) is 27.9 Å². The Morgan fingerprint density at radius 2 is 2.12 bits per heavy atom. The van der Waals surface area contributed by atoms with Gasteiger partial charge in [0.25, 0.3) is 0 Å². The van der Waals surface area contributed by atoms with Gasteiger partial charge in [-0.05, 0) is 20.8 Å². The number of aromatic nitrogens is 1. The van der Waals surface area contributed by atoms with Crippen LogP contribution in [0, 0.1) is 13.8 Å². The Hall–Kier alpha value is -2.61. The summed E-state index contributed by atoms with van der Waals surface area (Å²) in [4.78, 5) is 23.9. The van der Waals surface area contributed by atoms with Crippen LogP contribution in [0.5, 0.6) is 5.75 Å². The molecular formula is C16H19NO7. The quantitative estimate of drug-likeness (QED) is 0.761. The van der Waals surface area contributed by atoms with Gasteiger partial charge in [-0.15, -0.1) is 0 Å². The second kappa shape index (κ2) is 7.31. The van der Waals surface area contributed by atoms with Crippen LogP contribution in [-0.2, 0) is 16.1 Å². The summed E-state index contributed by atoms with van der Waals surface area (Å²) in [6, 6.07) is 0.994. The first kappa shape index (κ1) is 17.7. The lowest BCUT2D eigenvalue weighted by atomic mass is 9.91. The van der Waals surface area contributed by atoms with E-state index in [0.29, 0.717) is 17.0 Å². The van der Waals surface area contributed by atoms with Crippen molar-refractivity contribution in [3.8, 4) is 5.75 Å². The summed E-state index contributed by atoms with van der Waals surface area (Å²) >= 11 is 0. The van der Waals surface area contributed by atoms with Gasteiger partial charge in [-0.2, -0.15) is 0 Å². The predicted octanol–water partition coefficient (Wildman–Crippen LogP) is 1.53. The normalized spacial score (nSPS) is 12.2. The summed E-state index contributed by atoms with van der Waals surface area (Å²) in [6.45, 7) is 4.68. The lowest BCUT2D eigenvalue weighted by molar-refractivity contribution is -0.143. The summed E-state index contributed by atoms with van der Waals surface area (Å²) in [5, 5.41) is 23.2. The van der Waals surface area contributed by atoms with Crippen molar-refractivity contribution in [2.75, 3.05) is 6.61 Å². The Labute approximate surface area is 137 Å². The number of carbonyl (C=O) groups is 1. The van der Waals surface area contributed by atoms with Gasteiger partial charge in [0, 0.05) is 11.6 Å². The van der Waals surface area contributed by atoms with Gasteiger partial charge in [0.15, 0.2) is 5.76 Å². The van der Waals surface area contributed by atoms with E-state index in [1.165, 1.54) is 0 Å². The molecule has 130 valence electrons. The van der Waals surface area contributed by atoms with Gasteiger partial charge >= 0.3 is 5.97 Å². The van der Waals surface area contributed by atoms with E-state index in [4.69, 9.17) is 13.7 Å². The standard InChI is InChI=1S/C16H19NO7/c1-4-22-13(20)6-11(14-8(2)17-24-9(14)3)16-15(21)12(19)5-10(7-18)23-16/h5,11,18,21H,4,6-7H2,1-3H3/t11-/m1/s1. The molecule has 0 aliphatic rings. The van der Waals surface area contributed by atoms with Crippen molar-refractivity contribution in [1.29, 1.82) is 0 Å². The fourth-order valence-corrected chi connectivity index (χ4v) is 2.57. The van der Waals surface area contributed by atoms with Gasteiger partial charge in [0.1, 0.15) is 18.1 Å². The second-order valence-electron chi connectivity index (χ2n) is 5.25. The maximum absolute atomic E-state index is 12.0. The molecule has 2 heterocycles. The van der Waals surface area contributed by atoms with Gasteiger partial charge in [-0.3, -0.25) is 9.59 Å². The molecule has 0 fully saturated rings. The Morgan fingerprint density at radius 3 is 2.67 bits per heavy atom. The van der Waals surface area contributed by atoms with Gasteiger partial charge in [-0.25, -0.2) is 0 Å². The zero-order valence-electron chi connectivity index (χ0n) is 13.7. The molecule has 2 aromatic heterocycles. The number of esters is 1. The van der Waals surface area contributed by atoms with E-state index in [1.807, 2.05) is 0 Å². The van der Waals surface area contributed by atoms with Crippen molar-refractivity contribution in [3.63, 3.8) is 0 Å². The van der Waals surface area contributed by atoms with E-state index in [0.717, 1.165) is 6.07 Å². The van der Waals surface area contributed by atoms with Crippen LogP contribution in [0.3, 0.4) is 0 Å². The third-order valence-electron chi connectivity index (χ3n) is 3.59. The molecule has 2 N–H and O–H groups in total. The number of nitrogens with zero attached hydrogens (tertiary/aromatic N) is 1. The summed E-state index contributed by atoms with van der Waals surface area (Å²) in [7, 11) is 0. The van der Waals surface area contributed by atoms with E-state index in [2.05, 4.69) is 5.16 Å². The van der Waals surface area contributed by atoms with Crippen molar-refractivity contribution in [2.24, 2.45) is 0 Å². The topological polar surface area (TPSA) is 123 Å². The fourth-order valence-electron chi connectivity index (χ4n) is 2.57. The molecule has 0 saturated heterocycles. The zero-order valence-corrected chi connectivity index (χ0v) is 13.7. The average Bonchev–Trinajstić information content (AvgIpc) is 2.87. The highest BCUT2D eigenvalue weighted by Gasteiger charge is 2.31. The van der Waals surface area contributed by atoms with Crippen molar-refractivity contribution >= 4 is 5.97 Å². The van der Waals surface area contributed by atoms with Gasteiger partial charge in [0.2, 0.25) is 11.2 Å². The van der Waals surface area contributed by atoms with E-state index >= 15 is 0 Å². The summed E-state index contributed by atoms with van der Waals surface area (Å²) in [5.41, 5.74) is 0.316. The number of carbonyl (C=O) groups excluding carboxylic acids is 1. The number of aliphatic hydroxyl groups excluding tert-OH is 1. The molecule has 0 radical (unpaired) electrons. The van der Waals surface area contributed by atoms with Crippen LogP contribution in [0.2, 0.25) is 0 Å². The van der Waals surface area contributed by atoms with Gasteiger partial charge < -0.3 is 23.9 Å². The summed E-state index contributed by atoms with van der Waals surface area (Å²) in [6.07, 6.45) is -0.178. The number of ether oxygens (including phenoxy) is 1. The van der Waals surface area contributed by atoms with Gasteiger partial charge in [-0.1, -0.05) is 5.16 Å². The molecule has 0 aliphatic heterocycles. The molecule has 8 nitrogen and oxygen atoms in total. The summed E-state index contributed by atoms with van der Waals surface area (Å²) in [5.74, 6) is -1.70. The Morgan fingerprint density at radius 1 is 1.42 bits per heavy atom. The lowest BCUT2D eigenvalue weighted by Crippen LogP contribution is -2.15. The van der Waals surface area contributed by atoms with Gasteiger partial charge in [0.05, 0.1) is 24.6 Å². The highest BCUT2D eigenvalue weighted by molar-refractivity contribution is 5.71. The maximum Gasteiger partial charge on any atom is 0.306 e. The number of hydrogen-bond acceptors (Lipinski definition) is 8. The molecule has 8 heteroatoms. The number of rotatable bonds is 6. The van der Waals surface area contributed by atoms with Crippen LogP contribution in [0.1, 0.15) is 47.8 Å². The first-order valence-electron chi connectivity index (χ1n) is 7.44. The molecule has 0 aromatic carbocycles. The first-order valence-corrected chi connectivity index (χ1v) is 7.44.